The quantitative estimate of drug-likeness (QED) is 0.551. The van der Waals surface area contributed by atoms with E-state index >= 15 is 0 Å². The van der Waals surface area contributed by atoms with E-state index in [1.54, 1.807) is 13.0 Å². The number of hydrogen-bond acceptors (Lipinski definition) is 4. The highest BCUT2D eigenvalue weighted by atomic mass is 16.5. The van der Waals surface area contributed by atoms with Gasteiger partial charge in [-0.1, -0.05) is 13.3 Å². The molecule has 0 aliphatic rings. The number of hydrogen-bond donors (Lipinski definition) is 2. The van der Waals surface area contributed by atoms with Gasteiger partial charge in [-0.25, -0.2) is 0 Å². The fourth-order valence-electron chi connectivity index (χ4n) is 1.63. The Hall–Kier alpha value is -1.85. The Morgan fingerprint density at radius 2 is 2.21 bits per heavy atom. The third kappa shape index (κ3) is 5.54. The number of carbonyl (C=O) groups excluding carboxylic acids is 2. The third-order valence-corrected chi connectivity index (χ3v) is 2.53. The van der Waals surface area contributed by atoms with Crippen molar-refractivity contribution in [3.63, 3.8) is 0 Å². The van der Waals surface area contributed by atoms with Crippen molar-refractivity contribution in [1.29, 1.82) is 0 Å². The number of nitrogens with one attached hydrogen (secondary N) is 2. The minimum absolute atomic E-state index is 0.220. The summed E-state index contributed by atoms with van der Waals surface area (Å²) in [5.41, 5.74) is 1.35. The summed E-state index contributed by atoms with van der Waals surface area (Å²) in [5.74, 6) is -0.454. The lowest BCUT2D eigenvalue weighted by Crippen LogP contribution is -2.25. The number of aromatic amines is 1. The smallest absolute Gasteiger partial charge is 0.305 e. The number of esters is 1. The average molecular weight is 267 g/mol. The van der Waals surface area contributed by atoms with Gasteiger partial charge in [0, 0.05) is 18.7 Å². The number of nitrogens with zero attached hydrogens (tertiary/aromatic N) is 1. The van der Waals surface area contributed by atoms with Crippen LogP contribution >= 0.6 is 0 Å². The van der Waals surface area contributed by atoms with Crippen LogP contribution in [0.3, 0.4) is 0 Å². The number of ether oxygens (including phenoxy) is 1. The predicted octanol–water partition coefficient (Wildman–Crippen LogP) is 1.44. The molecule has 0 aromatic carbocycles. The summed E-state index contributed by atoms with van der Waals surface area (Å²) in [4.78, 5) is 22.8. The van der Waals surface area contributed by atoms with Crippen molar-refractivity contribution in [2.75, 3.05) is 13.2 Å². The summed E-state index contributed by atoms with van der Waals surface area (Å²) in [7, 11) is 0. The Balaban J connectivity index is 2.25. The second kappa shape index (κ2) is 8.29. The van der Waals surface area contributed by atoms with Crippen LogP contribution in [0.4, 0.5) is 0 Å². The first-order chi connectivity index (χ1) is 9.17. The molecule has 6 nitrogen and oxygen atoms in total. The molecule has 106 valence electrons. The fourth-order valence-corrected chi connectivity index (χ4v) is 1.63. The molecule has 0 radical (unpaired) electrons. The highest BCUT2D eigenvalue weighted by Crippen LogP contribution is 2.02. The van der Waals surface area contributed by atoms with Crippen LogP contribution in [-0.4, -0.2) is 35.2 Å². The molecule has 2 N–H and O–H groups in total. The monoisotopic (exact) mass is 267 g/mol. The molecular formula is C13H21N3O3. The van der Waals surface area contributed by atoms with Crippen LogP contribution in [0.15, 0.2) is 6.07 Å². The molecule has 19 heavy (non-hydrogen) atoms. The second-order valence-corrected chi connectivity index (χ2v) is 4.19. The van der Waals surface area contributed by atoms with Crippen molar-refractivity contribution >= 4 is 11.9 Å². The average Bonchev–Trinajstić information content (AvgIpc) is 2.84. The zero-order valence-electron chi connectivity index (χ0n) is 11.5. The van der Waals surface area contributed by atoms with Gasteiger partial charge in [-0.05, 0) is 25.8 Å². The maximum absolute atomic E-state index is 11.7. The molecule has 0 atom stereocenters. The van der Waals surface area contributed by atoms with Gasteiger partial charge >= 0.3 is 5.97 Å². The molecule has 0 saturated carbocycles. The molecule has 1 amide bonds. The number of H-pyrrole nitrogens is 1. The molecule has 1 aromatic rings. The third-order valence-electron chi connectivity index (χ3n) is 2.53. The Labute approximate surface area is 112 Å². The Morgan fingerprint density at radius 3 is 2.89 bits per heavy atom. The molecule has 0 aliphatic heterocycles. The van der Waals surface area contributed by atoms with Crippen LogP contribution in [0.25, 0.3) is 0 Å². The van der Waals surface area contributed by atoms with Crippen LogP contribution in [0.1, 0.15) is 49.3 Å². The van der Waals surface area contributed by atoms with Crippen molar-refractivity contribution in [2.45, 2.75) is 39.5 Å². The van der Waals surface area contributed by atoms with E-state index in [1.807, 2.05) is 0 Å². The van der Waals surface area contributed by atoms with Gasteiger partial charge in [0.1, 0.15) is 5.69 Å². The van der Waals surface area contributed by atoms with E-state index in [9.17, 15) is 9.59 Å². The van der Waals surface area contributed by atoms with Crippen LogP contribution in [0, 0.1) is 0 Å². The molecular weight excluding hydrogens is 246 g/mol. The highest BCUT2D eigenvalue weighted by Gasteiger charge is 2.09. The lowest BCUT2D eigenvalue weighted by atomic mass is 10.2. The van der Waals surface area contributed by atoms with Crippen LogP contribution in [0.5, 0.6) is 0 Å². The number of aryl methyl sites for hydroxylation is 1. The van der Waals surface area contributed by atoms with E-state index in [1.165, 1.54) is 0 Å². The van der Waals surface area contributed by atoms with Gasteiger partial charge in [0.25, 0.3) is 5.91 Å². The van der Waals surface area contributed by atoms with E-state index in [0.717, 1.165) is 18.5 Å². The molecule has 0 bridgehead atoms. The summed E-state index contributed by atoms with van der Waals surface area (Å²) in [6.07, 6.45) is 2.76. The zero-order valence-corrected chi connectivity index (χ0v) is 11.5. The van der Waals surface area contributed by atoms with Crippen molar-refractivity contribution in [3.8, 4) is 0 Å². The van der Waals surface area contributed by atoms with Gasteiger partial charge in [0.2, 0.25) is 0 Å². The molecule has 0 aliphatic carbocycles. The van der Waals surface area contributed by atoms with Gasteiger partial charge in [-0.15, -0.1) is 0 Å². The minimum Gasteiger partial charge on any atom is -0.466 e. The number of amides is 1. The fraction of sp³-hybridized carbons (Fsp3) is 0.615. The van der Waals surface area contributed by atoms with E-state index in [0.29, 0.717) is 31.7 Å². The molecule has 1 aromatic heterocycles. The van der Waals surface area contributed by atoms with E-state index < -0.39 is 0 Å². The van der Waals surface area contributed by atoms with E-state index in [2.05, 4.69) is 22.4 Å². The molecule has 0 fully saturated rings. The second-order valence-electron chi connectivity index (χ2n) is 4.19. The molecule has 1 rings (SSSR count). The lowest BCUT2D eigenvalue weighted by Gasteiger charge is -2.03. The van der Waals surface area contributed by atoms with Gasteiger partial charge in [-0.2, -0.15) is 5.10 Å². The summed E-state index contributed by atoms with van der Waals surface area (Å²) < 4.78 is 4.79. The van der Waals surface area contributed by atoms with Gasteiger partial charge in [0.05, 0.1) is 6.61 Å². The highest BCUT2D eigenvalue weighted by molar-refractivity contribution is 5.92. The Kier molecular flexibility index (Phi) is 6.63. The molecule has 6 heteroatoms. The molecule has 0 saturated heterocycles. The van der Waals surface area contributed by atoms with Crippen LogP contribution in [0.2, 0.25) is 0 Å². The first kappa shape index (κ1) is 15.2. The SMILES string of the molecule is CCCc1cc(C(=O)NCCCC(=O)OCC)n[nH]1. The van der Waals surface area contributed by atoms with Gasteiger partial charge in [-0.3, -0.25) is 14.7 Å². The maximum Gasteiger partial charge on any atom is 0.305 e. The van der Waals surface area contributed by atoms with Crippen molar-refractivity contribution in [1.82, 2.24) is 15.5 Å². The van der Waals surface area contributed by atoms with Crippen molar-refractivity contribution in [3.05, 3.63) is 17.5 Å². The largest absolute Gasteiger partial charge is 0.466 e. The van der Waals surface area contributed by atoms with Crippen LogP contribution in [-0.2, 0) is 16.0 Å². The molecule has 0 unspecified atom stereocenters. The maximum atomic E-state index is 11.7. The number of aromatic nitrogens is 2. The number of rotatable bonds is 8. The minimum atomic E-state index is -0.234. The first-order valence-electron chi connectivity index (χ1n) is 6.65. The summed E-state index contributed by atoms with van der Waals surface area (Å²) in [6, 6.07) is 1.75. The van der Waals surface area contributed by atoms with Crippen LogP contribution < -0.4 is 5.32 Å². The lowest BCUT2D eigenvalue weighted by molar-refractivity contribution is -0.143. The zero-order chi connectivity index (χ0) is 14.1. The standard InChI is InChI=1S/C13H21N3O3/c1-3-6-10-9-11(16-15-10)13(18)14-8-5-7-12(17)19-4-2/h9H,3-8H2,1-2H3,(H,14,18)(H,15,16). The van der Waals surface area contributed by atoms with E-state index in [4.69, 9.17) is 4.74 Å². The summed E-state index contributed by atoms with van der Waals surface area (Å²) in [5, 5.41) is 9.50. The first-order valence-corrected chi connectivity index (χ1v) is 6.65. The normalized spacial score (nSPS) is 10.2. The van der Waals surface area contributed by atoms with Crippen molar-refractivity contribution < 1.29 is 14.3 Å². The molecule has 0 spiro atoms. The summed E-state index contributed by atoms with van der Waals surface area (Å²) in [6.45, 7) is 4.66. The van der Waals surface area contributed by atoms with Gasteiger partial charge in [0.15, 0.2) is 0 Å². The Bertz CT molecular complexity index is 415. The number of carbonyl (C=O) groups is 2. The van der Waals surface area contributed by atoms with Gasteiger partial charge < -0.3 is 10.1 Å². The van der Waals surface area contributed by atoms with E-state index in [-0.39, 0.29) is 11.9 Å². The topological polar surface area (TPSA) is 84.1 Å². The summed E-state index contributed by atoms with van der Waals surface area (Å²) >= 11 is 0. The Morgan fingerprint density at radius 1 is 1.42 bits per heavy atom. The molecule has 1 heterocycles. The van der Waals surface area contributed by atoms with Crippen molar-refractivity contribution in [2.24, 2.45) is 0 Å². The predicted molar refractivity (Wildman–Crippen MR) is 70.8 cm³/mol.